The van der Waals surface area contributed by atoms with Gasteiger partial charge in [0.05, 0.1) is 35.4 Å². The van der Waals surface area contributed by atoms with Crippen LogP contribution in [0.2, 0.25) is 5.02 Å². The fourth-order valence-corrected chi connectivity index (χ4v) is 2.95. The monoisotopic (exact) mass is 398 g/mol. The largest absolute Gasteiger partial charge is 0.465 e. The van der Waals surface area contributed by atoms with Crippen LogP contribution < -0.4 is 10.0 Å². The van der Waals surface area contributed by atoms with E-state index in [0.29, 0.717) is 0 Å². The number of halogens is 1. The highest BCUT2D eigenvalue weighted by Crippen LogP contribution is 2.33. The fraction of sp³-hybridized carbons (Fsp3) is 0.125. The zero-order chi connectivity index (χ0) is 19.5. The van der Waals surface area contributed by atoms with Crippen molar-refractivity contribution in [3.63, 3.8) is 0 Å². The number of sulfonamides is 1. The molecule has 1 aromatic rings. The van der Waals surface area contributed by atoms with Crippen molar-refractivity contribution in [1.29, 1.82) is 0 Å². The summed E-state index contributed by atoms with van der Waals surface area (Å²) < 4.78 is 32.8. The molecule has 10 heteroatoms. The minimum atomic E-state index is -4.02. The van der Waals surface area contributed by atoms with Gasteiger partial charge >= 0.3 is 11.9 Å². The highest BCUT2D eigenvalue weighted by Gasteiger charge is 2.29. The first-order valence-electron chi connectivity index (χ1n) is 7.08. The molecule has 8 nitrogen and oxygen atoms in total. The number of allylic oxidation sites excluding steroid dienone is 2. The Balaban J connectivity index is 2.77. The molecule has 1 heterocycles. The number of ether oxygens (including phenoxy) is 2. The van der Waals surface area contributed by atoms with E-state index in [2.05, 4.69) is 0 Å². The molecule has 26 heavy (non-hydrogen) atoms. The van der Waals surface area contributed by atoms with E-state index in [1.165, 1.54) is 47.5 Å². The maximum atomic E-state index is 12.3. The number of primary sulfonamides is 1. The number of benzene rings is 1. The average Bonchev–Trinajstić information content (AvgIpc) is 2.82. The van der Waals surface area contributed by atoms with Crippen LogP contribution in [0.25, 0.3) is 0 Å². The van der Waals surface area contributed by atoms with Crippen molar-refractivity contribution in [3.8, 4) is 0 Å². The van der Waals surface area contributed by atoms with Gasteiger partial charge in [0.1, 0.15) is 5.70 Å². The van der Waals surface area contributed by atoms with Gasteiger partial charge in [-0.25, -0.2) is 23.1 Å². The highest BCUT2D eigenvalue weighted by atomic mass is 35.5. The SMILES string of the molecule is COC(=O)C1=C(C(=O)OC)N(c2cc(S(N)(=O)=O)ccc2Cl)C=CC=C1. The quantitative estimate of drug-likeness (QED) is 0.763. The molecule has 0 unspecified atom stereocenters. The lowest BCUT2D eigenvalue weighted by molar-refractivity contribution is -0.139. The Morgan fingerprint density at radius 2 is 1.77 bits per heavy atom. The van der Waals surface area contributed by atoms with E-state index >= 15 is 0 Å². The van der Waals surface area contributed by atoms with E-state index in [4.69, 9.17) is 26.2 Å². The Hall–Kier alpha value is -2.62. The molecule has 2 rings (SSSR count). The second-order valence-electron chi connectivity index (χ2n) is 4.97. The van der Waals surface area contributed by atoms with Crippen LogP contribution in [-0.2, 0) is 29.1 Å². The number of hydrogen-bond donors (Lipinski definition) is 1. The lowest BCUT2D eigenvalue weighted by Crippen LogP contribution is -2.27. The summed E-state index contributed by atoms with van der Waals surface area (Å²) in [7, 11) is -1.71. The topological polar surface area (TPSA) is 116 Å². The molecule has 0 saturated heterocycles. The molecule has 1 aromatic carbocycles. The summed E-state index contributed by atoms with van der Waals surface area (Å²) in [5.74, 6) is -1.63. The minimum Gasteiger partial charge on any atom is -0.465 e. The third kappa shape index (κ3) is 3.96. The van der Waals surface area contributed by atoms with Gasteiger partial charge in [0.15, 0.2) is 0 Å². The van der Waals surface area contributed by atoms with Gasteiger partial charge in [-0.15, -0.1) is 0 Å². The number of rotatable bonds is 4. The van der Waals surface area contributed by atoms with Crippen molar-refractivity contribution in [2.75, 3.05) is 19.1 Å². The van der Waals surface area contributed by atoms with Crippen molar-refractivity contribution in [2.45, 2.75) is 4.90 Å². The zero-order valence-corrected chi connectivity index (χ0v) is 15.4. The van der Waals surface area contributed by atoms with Crippen LogP contribution in [0.4, 0.5) is 5.69 Å². The molecule has 0 amide bonds. The van der Waals surface area contributed by atoms with Gasteiger partial charge in [-0.1, -0.05) is 17.7 Å². The molecule has 1 aliphatic heterocycles. The number of carbonyl (C=O) groups is 2. The van der Waals surface area contributed by atoms with Crippen LogP contribution in [0, 0.1) is 0 Å². The second-order valence-corrected chi connectivity index (χ2v) is 6.94. The first-order valence-corrected chi connectivity index (χ1v) is 9.00. The zero-order valence-electron chi connectivity index (χ0n) is 13.8. The molecular weight excluding hydrogens is 384 g/mol. The second kappa shape index (κ2) is 7.73. The van der Waals surface area contributed by atoms with Crippen LogP contribution in [0.5, 0.6) is 0 Å². The van der Waals surface area contributed by atoms with Crippen molar-refractivity contribution >= 4 is 39.3 Å². The van der Waals surface area contributed by atoms with Crippen LogP contribution in [-0.4, -0.2) is 34.6 Å². The summed E-state index contributed by atoms with van der Waals surface area (Å²) in [6.45, 7) is 0. The predicted octanol–water partition coefficient (Wildman–Crippen LogP) is 1.48. The normalized spacial score (nSPS) is 14.2. The van der Waals surface area contributed by atoms with E-state index in [9.17, 15) is 18.0 Å². The summed E-state index contributed by atoms with van der Waals surface area (Å²) in [4.78, 5) is 25.5. The molecule has 0 radical (unpaired) electrons. The number of nitrogens with two attached hydrogens (primary N) is 1. The van der Waals surface area contributed by atoms with Crippen molar-refractivity contribution < 1.29 is 27.5 Å². The van der Waals surface area contributed by atoms with Gasteiger partial charge in [0.2, 0.25) is 10.0 Å². The Morgan fingerprint density at radius 3 is 2.35 bits per heavy atom. The minimum absolute atomic E-state index is 0.0959. The van der Waals surface area contributed by atoms with Crippen molar-refractivity contribution in [3.05, 3.63) is 58.9 Å². The van der Waals surface area contributed by atoms with E-state index in [1.807, 2.05) is 0 Å². The molecule has 0 aromatic heterocycles. The molecule has 2 N–H and O–H groups in total. The number of esters is 2. The number of hydrogen-bond acceptors (Lipinski definition) is 7. The summed E-state index contributed by atoms with van der Waals surface area (Å²) in [5.41, 5.74) is -0.181. The van der Waals surface area contributed by atoms with Gasteiger partial charge in [-0.2, -0.15) is 0 Å². The van der Waals surface area contributed by atoms with Gasteiger partial charge in [-0.05, 0) is 30.4 Å². The van der Waals surface area contributed by atoms with Gasteiger partial charge in [-0.3, -0.25) is 0 Å². The lowest BCUT2D eigenvalue weighted by atomic mass is 10.1. The van der Waals surface area contributed by atoms with Crippen LogP contribution in [0.1, 0.15) is 0 Å². The number of anilines is 1. The third-order valence-electron chi connectivity index (χ3n) is 3.39. The summed E-state index contributed by atoms with van der Waals surface area (Å²) in [5, 5.41) is 5.28. The Bertz CT molecular complexity index is 949. The third-order valence-corrected chi connectivity index (χ3v) is 4.63. The number of nitrogens with zero attached hydrogens (tertiary/aromatic N) is 1. The smallest absolute Gasteiger partial charge is 0.355 e. The first-order chi connectivity index (χ1) is 12.2. The molecule has 0 aliphatic carbocycles. The summed E-state index contributed by atoms with van der Waals surface area (Å²) in [6, 6.07) is 3.73. The summed E-state index contributed by atoms with van der Waals surface area (Å²) in [6.07, 6.45) is 5.82. The first kappa shape index (κ1) is 19.7. The molecule has 0 fully saturated rings. The average molecular weight is 399 g/mol. The van der Waals surface area contributed by atoms with Gasteiger partial charge in [0, 0.05) is 6.20 Å². The van der Waals surface area contributed by atoms with Crippen LogP contribution >= 0.6 is 11.6 Å². The van der Waals surface area contributed by atoms with E-state index in [1.54, 1.807) is 0 Å². The molecule has 0 saturated carbocycles. The number of carbonyl (C=O) groups excluding carboxylic acids is 2. The fourth-order valence-electron chi connectivity index (χ4n) is 2.21. The molecule has 138 valence electrons. The molecular formula is C16H15ClN2O6S. The maximum Gasteiger partial charge on any atom is 0.355 e. The number of methoxy groups -OCH3 is 2. The maximum absolute atomic E-state index is 12.3. The molecule has 1 aliphatic rings. The van der Waals surface area contributed by atoms with E-state index in [-0.39, 0.29) is 26.9 Å². The van der Waals surface area contributed by atoms with E-state index < -0.39 is 22.0 Å². The Kier molecular flexibility index (Phi) is 5.86. The lowest BCUT2D eigenvalue weighted by Gasteiger charge is -2.24. The van der Waals surface area contributed by atoms with Gasteiger partial charge in [0.25, 0.3) is 0 Å². The molecule has 0 atom stereocenters. The van der Waals surface area contributed by atoms with Gasteiger partial charge < -0.3 is 14.4 Å². The Morgan fingerprint density at radius 1 is 1.12 bits per heavy atom. The predicted molar refractivity (Wildman–Crippen MR) is 94.6 cm³/mol. The molecule has 0 spiro atoms. The van der Waals surface area contributed by atoms with E-state index in [0.717, 1.165) is 14.2 Å². The summed E-state index contributed by atoms with van der Waals surface area (Å²) >= 11 is 6.18. The van der Waals surface area contributed by atoms with Crippen molar-refractivity contribution in [2.24, 2.45) is 5.14 Å². The highest BCUT2D eigenvalue weighted by molar-refractivity contribution is 7.89. The Labute approximate surface area is 155 Å². The van der Waals surface area contributed by atoms with Crippen LogP contribution in [0.15, 0.2) is 58.8 Å². The standard InChI is InChI=1S/C16H15ClN2O6S/c1-24-15(20)11-5-3-4-8-19(14(11)16(21)25-2)13-9-10(26(18,22)23)6-7-12(13)17/h3-9H,1-2H3,(H2,18,22,23). The molecule has 0 bridgehead atoms. The van der Waals surface area contributed by atoms with Crippen molar-refractivity contribution in [1.82, 2.24) is 0 Å². The van der Waals surface area contributed by atoms with Crippen LogP contribution in [0.3, 0.4) is 0 Å².